The van der Waals surface area contributed by atoms with Crippen molar-refractivity contribution in [2.75, 3.05) is 6.26 Å². The molecule has 10 heteroatoms. The SMILES string of the molecule is CSc1nc(C(F)(F)F)cc(=O)n1-c1cc(F)c(C#N)cc1F. The van der Waals surface area contributed by atoms with Crippen LogP contribution in [0.2, 0.25) is 0 Å². The van der Waals surface area contributed by atoms with E-state index in [1.165, 1.54) is 12.3 Å². The second-order valence-electron chi connectivity index (χ2n) is 4.19. The molecular weight excluding hydrogens is 341 g/mol. The fourth-order valence-corrected chi connectivity index (χ4v) is 2.32. The summed E-state index contributed by atoms with van der Waals surface area (Å²) >= 11 is 0.657. The van der Waals surface area contributed by atoms with E-state index < -0.39 is 45.5 Å². The third-order valence-electron chi connectivity index (χ3n) is 2.76. The van der Waals surface area contributed by atoms with Crippen LogP contribution in [-0.4, -0.2) is 15.8 Å². The molecular formula is C13H6F5N3OS. The molecule has 120 valence electrons. The Balaban J connectivity index is 2.78. The first kappa shape index (κ1) is 17.0. The summed E-state index contributed by atoms with van der Waals surface area (Å²) in [6.45, 7) is 0. The summed E-state index contributed by atoms with van der Waals surface area (Å²) < 4.78 is 66.2. The Hall–Kier alpha value is -2.41. The van der Waals surface area contributed by atoms with Crippen molar-refractivity contribution >= 4 is 11.8 Å². The molecule has 0 amide bonds. The van der Waals surface area contributed by atoms with Crippen molar-refractivity contribution in [3.63, 3.8) is 0 Å². The van der Waals surface area contributed by atoms with Crippen LogP contribution < -0.4 is 5.56 Å². The first-order valence-electron chi connectivity index (χ1n) is 5.84. The number of aromatic nitrogens is 2. The Bertz CT molecular complexity index is 870. The lowest BCUT2D eigenvalue weighted by Gasteiger charge is -2.14. The summed E-state index contributed by atoms with van der Waals surface area (Å²) in [5.41, 5.74) is -3.88. The van der Waals surface area contributed by atoms with Gasteiger partial charge in [-0.2, -0.15) is 18.4 Å². The Labute approximate surface area is 130 Å². The summed E-state index contributed by atoms with van der Waals surface area (Å²) in [5, 5.41) is 8.15. The smallest absolute Gasteiger partial charge is 0.269 e. The highest BCUT2D eigenvalue weighted by Crippen LogP contribution is 2.29. The van der Waals surface area contributed by atoms with E-state index in [4.69, 9.17) is 5.26 Å². The molecule has 0 unspecified atom stereocenters. The van der Waals surface area contributed by atoms with E-state index in [-0.39, 0.29) is 6.07 Å². The van der Waals surface area contributed by atoms with E-state index in [0.717, 1.165) is 0 Å². The molecule has 0 saturated heterocycles. The molecule has 0 N–H and O–H groups in total. The summed E-state index contributed by atoms with van der Waals surface area (Å²) in [6.07, 6.45) is -3.52. The van der Waals surface area contributed by atoms with Crippen LogP contribution in [0.25, 0.3) is 5.69 Å². The first-order valence-corrected chi connectivity index (χ1v) is 7.06. The second-order valence-corrected chi connectivity index (χ2v) is 4.97. The van der Waals surface area contributed by atoms with Gasteiger partial charge in [0.1, 0.15) is 17.7 Å². The molecule has 2 rings (SSSR count). The zero-order valence-corrected chi connectivity index (χ0v) is 12.1. The standard InChI is InChI=1S/C13H6F5N3OS/c1-23-12-20-10(13(16,17)18)4-11(22)21(12)9-3-7(14)6(5-19)2-8(9)15/h2-4H,1H3. The maximum Gasteiger partial charge on any atom is 0.433 e. The molecule has 0 saturated carbocycles. The van der Waals surface area contributed by atoms with Crippen molar-refractivity contribution < 1.29 is 22.0 Å². The molecule has 0 fully saturated rings. The van der Waals surface area contributed by atoms with Crippen molar-refractivity contribution in [3.05, 3.63) is 51.4 Å². The van der Waals surface area contributed by atoms with Gasteiger partial charge in [-0.25, -0.2) is 13.8 Å². The highest BCUT2D eigenvalue weighted by molar-refractivity contribution is 7.98. The molecule has 23 heavy (non-hydrogen) atoms. The van der Waals surface area contributed by atoms with Gasteiger partial charge in [-0.05, 0) is 12.3 Å². The quantitative estimate of drug-likeness (QED) is 0.476. The van der Waals surface area contributed by atoms with Crippen molar-refractivity contribution in [2.24, 2.45) is 0 Å². The minimum atomic E-state index is -4.85. The average Bonchev–Trinajstić information content (AvgIpc) is 2.47. The zero-order chi connectivity index (χ0) is 17.4. The van der Waals surface area contributed by atoms with Gasteiger partial charge in [0, 0.05) is 12.1 Å². The fourth-order valence-electron chi connectivity index (χ4n) is 1.76. The second kappa shape index (κ2) is 6.00. The van der Waals surface area contributed by atoms with Gasteiger partial charge in [0.2, 0.25) is 0 Å². The van der Waals surface area contributed by atoms with E-state index in [1.807, 2.05) is 0 Å². The van der Waals surface area contributed by atoms with Gasteiger partial charge in [0.25, 0.3) is 5.56 Å². The Morgan fingerprint density at radius 2 is 1.87 bits per heavy atom. The van der Waals surface area contributed by atoms with Crippen LogP contribution in [0.15, 0.2) is 28.2 Å². The summed E-state index contributed by atoms with van der Waals surface area (Å²) in [6, 6.07) is 2.72. The fraction of sp³-hybridized carbons (Fsp3) is 0.154. The van der Waals surface area contributed by atoms with Gasteiger partial charge < -0.3 is 0 Å². The Morgan fingerprint density at radius 1 is 1.22 bits per heavy atom. The summed E-state index contributed by atoms with van der Waals surface area (Å²) in [5.74, 6) is -2.25. The predicted octanol–water partition coefficient (Wildman–Crippen LogP) is 3.12. The number of benzene rings is 1. The van der Waals surface area contributed by atoms with Crippen LogP contribution in [0, 0.1) is 23.0 Å². The molecule has 0 aliphatic carbocycles. The molecule has 2 aromatic rings. The maximum absolute atomic E-state index is 14.0. The van der Waals surface area contributed by atoms with Crippen molar-refractivity contribution in [1.29, 1.82) is 5.26 Å². The third-order valence-corrected chi connectivity index (χ3v) is 3.40. The molecule has 1 aromatic carbocycles. The molecule has 4 nitrogen and oxygen atoms in total. The molecule has 0 aliphatic heterocycles. The van der Waals surface area contributed by atoms with Gasteiger partial charge >= 0.3 is 6.18 Å². The number of thioether (sulfide) groups is 1. The van der Waals surface area contributed by atoms with E-state index in [0.29, 0.717) is 28.5 Å². The number of nitriles is 1. The van der Waals surface area contributed by atoms with Crippen LogP contribution in [-0.2, 0) is 6.18 Å². The molecule has 0 radical (unpaired) electrons. The summed E-state index contributed by atoms with van der Waals surface area (Å²) in [7, 11) is 0. The monoisotopic (exact) mass is 347 g/mol. The lowest BCUT2D eigenvalue weighted by atomic mass is 10.2. The minimum absolute atomic E-state index is 0.190. The molecule has 0 bridgehead atoms. The highest BCUT2D eigenvalue weighted by Gasteiger charge is 2.34. The number of alkyl halides is 3. The lowest BCUT2D eigenvalue weighted by molar-refractivity contribution is -0.141. The van der Waals surface area contributed by atoms with Crippen LogP contribution in [0.1, 0.15) is 11.3 Å². The molecule has 0 atom stereocenters. The largest absolute Gasteiger partial charge is 0.433 e. The van der Waals surface area contributed by atoms with Crippen molar-refractivity contribution in [1.82, 2.24) is 9.55 Å². The number of hydrogen-bond acceptors (Lipinski definition) is 4. The average molecular weight is 347 g/mol. The van der Waals surface area contributed by atoms with Crippen LogP contribution in [0.5, 0.6) is 0 Å². The van der Waals surface area contributed by atoms with Gasteiger partial charge in [-0.15, -0.1) is 0 Å². The zero-order valence-electron chi connectivity index (χ0n) is 11.3. The van der Waals surface area contributed by atoms with Gasteiger partial charge in [-0.1, -0.05) is 11.8 Å². The van der Waals surface area contributed by atoms with E-state index in [1.54, 1.807) is 0 Å². The number of hydrogen-bond donors (Lipinski definition) is 0. The van der Waals surface area contributed by atoms with E-state index >= 15 is 0 Å². The normalized spacial score (nSPS) is 11.3. The lowest BCUT2D eigenvalue weighted by Crippen LogP contribution is -2.25. The number of halogens is 5. The Kier molecular flexibility index (Phi) is 4.42. The van der Waals surface area contributed by atoms with E-state index in [9.17, 15) is 26.7 Å². The van der Waals surface area contributed by atoms with Crippen LogP contribution in [0.3, 0.4) is 0 Å². The topological polar surface area (TPSA) is 58.7 Å². The van der Waals surface area contributed by atoms with E-state index in [2.05, 4.69) is 4.98 Å². The first-order chi connectivity index (χ1) is 10.7. The third kappa shape index (κ3) is 3.19. The molecule has 1 heterocycles. The number of rotatable bonds is 2. The maximum atomic E-state index is 14.0. The molecule has 0 spiro atoms. The minimum Gasteiger partial charge on any atom is -0.269 e. The van der Waals surface area contributed by atoms with Crippen LogP contribution >= 0.6 is 11.8 Å². The Morgan fingerprint density at radius 3 is 2.39 bits per heavy atom. The summed E-state index contributed by atoms with van der Waals surface area (Å²) in [4.78, 5) is 15.2. The van der Waals surface area contributed by atoms with Gasteiger partial charge in [-0.3, -0.25) is 9.36 Å². The predicted molar refractivity (Wildman–Crippen MR) is 71.2 cm³/mol. The van der Waals surface area contributed by atoms with Gasteiger partial charge in [0.05, 0.1) is 11.3 Å². The molecule has 1 aromatic heterocycles. The van der Waals surface area contributed by atoms with Crippen molar-refractivity contribution in [2.45, 2.75) is 11.3 Å². The number of nitrogens with zero attached hydrogens (tertiary/aromatic N) is 3. The van der Waals surface area contributed by atoms with Crippen molar-refractivity contribution in [3.8, 4) is 11.8 Å². The van der Waals surface area contributed by atoms with Gasteiger partial charge in [0.15, 0.2) is 10.9 Å². The van der Waals surface area contributed by atoms with Crippen LogP contribution in [0.4, 0.5) is 22.0 Å². The highest BCUT2D eigenvalue weighted by atomic mass is 32.2. The molecule has 0 aliphatic rings.